The predicted octanol–water partition coefficient (Wildman–Crippen LogP) is 0.0474. The van der Waals surface area contributed by atoms with Crippen molar-refractivity contribution in [2.45, 2.75) is 39.5 Å². The van der Waals surface area contributed by atoms with E-state index in [1.54, 1.807) is 0 Å². The molecule has 1 aliphatic heterocycles. The first kappa shape index (κ1) is 19.8. The third-order valence-corrected chi connectivity index (χ3v) is 6.72. The maximum atomic E-state index is 12.5. The number of piperazine rings is 1. The normalized spacial score (nSPS) is 20.2. The van der Waals surface area contributed by atoms with Gasteiger partial charge in [-0.15, -0.1) is 11.3 Å². The quantitative estimate of drug-likeness (QED) is 0.659. The molecule has 3 rings (SSSR count). The Kier molecular flexibility index (Phi) is 6.16. The molecule has 1 atom stereocenters. The van der Waals surface area contributed by atoms with Crippen molar-refractivity contribution in [3.8, 4) is 0 Å². The highest BCUT2D eigenvalue weighted by atomic mass is 32.1. The summed E-state index contributed by atoms with van der Waals surface area (Å²) in [4.78, 5) is 40.5. The largest absolute Gasteiger partial charge is 0.365 e. The van der Waals surface area contributed by atoms with Gasteiger partial charge in [-0.2, -0.15) is 0 Å². The molecule has 2 heterocycles. The van der Waals surface area contributed by atoms with Crippen molar-refractivity contribution in [2.75, 3.05) is 38.0 Å². The van der Waals surface area contributed by atoms with Crippen LogP contribution in [-0.2, 0) is 22.4 Å². The fourth-order valence-electron chi connectivity index (χ4n) is 3.97. The molecular formula is C19H29N4O3S+. The number of carbonyl (C=O) groups is 3. The first-order valence-corrected chi connectivity index (χ1v) is 10.6. The summed E-state index contributed by atoms with van der Waals surface area (Å²) in [6.07, 6.45) is 3.35. The van der Waals surface area contributed by atoms with Crippen molar-refractivity contribution in [1.29, 1.82) is 0 Å². The van der Waals surface area contributed by atoms with Crippen molar-refractivity contribution >= 4 is 34.1 Å². The summed E-state index contributed by atoms with van der Waals surface area (Å²) in [5.74, 6) is 0.195. The number of nitrogens with zero attached hydrogens (tertiary/aromatic N) is 1. The minimum absolute atomic E-state index is 0.102. The van der Waals surface area contributed by atoms with Crippen molar-refractivity contribution in [3.63, 3.8) is 0 Å². The maximum Gasteiger partial charge on any atom is 0.280 e. The fraction of sp³-hybridized carbons (Fsp3) is 0.632. The Hall–Kier alpha value is -1.93. The van der Waals surface area contributed by atoms with E-state index in [1.165, 1.54) is 16.2 Å². The number of thiophene rings is 1. The van der Waals surface area contributed by atoms with Gasteiger partial charge in [-0.3, -0.25) is 14.4 Å². The standard InChI is InChI=1S/C19H28N4O3S/c1-3-16(25)23-8-6-22(7-9-23)11-15(24)21-19-17(18(20)26)13-5-4-12(2)10-14(13)27-19/h12H,3-11H2,1-2H3,(H2,20,26)(H,21,24)/p+1/t12-/m1/s1. The third kappa shape index (κ3) is 4.50. The lowest BCUT2D eigenvalue weighted by molar-refractivity contribution is -0.895. The molecule has 0 spiro atoms. The molecule has 1 aromatic rings. The van der Waals surface area contributed by atoms with E-state index in [1.807, 2.05) is 11.8 Å². The van der Waals surface area contributed by atoms with Crippen LogP contribution in [0.1, 0.15) is 47.5 Å². The zero-order valence-electron chi connectivity index (χ0n) is 16.1. The van der Waals surface area contributed by atoms with Crippen LogP contribution in [0.5, 0.6) is 0 Å². The average Bonchev–Trinajstić information content (AvgIpc) is 2.98. The van der Waals surface area contributed by atoms with Gasteiger partial charge in [-0.05, 0) is 30.7 Å². The molecule has 148 valence electrons. The lowest BCUT2D eigenvalue weighted by Crippen LogP contribution is -3.15. The number of anilines is 1. The highest BCUT2D eigenvalue weighted by Gasteiger charge is 2.29. The zero-order chi connectivity index (χ0) is 19.6. The number of rotatable bonds is 5. The Balaban J connectivity index is 1.62. The van der Waals surface area contributed by atoms with Gasteiger partial charge in [0, 0.05) is 11.3 Å². The molecule has 0 aromatic carbocycles. The van der Waals surface area contributed by atoms with Gasteiger partial charge < -0.3 is 20.9 Å². The molecule has 1 saturated heterocycles. The van der Waals surface area contributed by atoms with E-state index in [2.05, 4.69) is 12.2 Å². The fourth-order valence-corrected chi connectivity index (χ4v) is 5.40. The summed E-state index contributed by atoms with van der Waals surface area (Å²) in [7, 11) is 0. The number of quaternary nitrogens is 1. The van der Waals surface area contributed by atoms with Crippen LogP contribution >= 0.6 is 11.3 Å². The molecule has 1 aliphatic carbocycles. The second-order valence-electron chi connectivity index (χ2n) is 7.63. The zero-order valence-corrected chi connectivity index (χ0v) is 16.9. The van der Waals surface area contributed by atoms with E-state index in [4.69, 9.17) is 5.73 Å². The van der Waals surface area contributed by atoms with Crippen molar-refractivity contribution in [3.05, 3.63) is 16.0 Å². The molecule has 0 bridgehead atoms. The van der Waals surface area contributed by atoms with E-state index < -0.39 is 5.91 Å². The van der Waals surface area contributed by atoms with Crippen molar-refractivity contribution < 1.29 is 19.3 Å². The molecular weight excluding hydrogens is 364 g/mol. The average molecular weight is 394 g/mol. The van der Waals surface area contributed by atoms with Gasteiger partial charge in [0.1, 0.15) is 5.00 Å². The van der Waals surface area contributed by atoms with Gasteiger partial charge in [0.15, 0.2) is 6.54 Å². The van der Waals surface area contributed by atoms with E-state index in [0.717, 1.165) is 42.8 Å². The summed E-state index contributed by atoms with van der Waals surface area (Å²) in [5, 5.41) is 3.54. The van der Waals surface area contributed by atoms with Crippen LogP contribution in [0.15, 0.2) is 0 Å². The van der Waals surface area contributed by atoms with E-state index in [-0.39, 0.29) is 11.8 Å². The monoisotopic (exact) mass is 393 g/mol. The smallest absolute Gasteiger partial charge is 0.280 e. The van der Waals surface area contributed by atoms with E-state index >= 15 is 0 Å². The third-order valence-electron chi connectivity index (χ3n) is 5.55. The lowest BCUT2D eigenvalue weighted by atomic mass is 9.88. The van der Waals surface area contributed by atoms with Crippen molar-refractivity contribution in [1.82, 2.24) is 4.90 Å². The molecule has 4 N–H and O–H groups in total. The summed E-state index contributed by atoms with van der Waals surface area (Å²) in [6.45, 7) is 7.32. The molecule has 0 saturated carbocycles. The van der Waals surface area contributed by atoms with Gasteiger partial charge >= 0.3 is 0 Å². The number of primary amides is 1. The molecule has 8 heteroatoms. The van der Waals surface area contributed by atoms with Crippen LogP contribution in [0.4, 0.5) is 5.00 Å². The Bertz CT molecular complexity index is 738. The molecule has 0 radical (unpaired) electrons. The van der Waals surface area contributed by atoms with Crippen LogP contribution in [0.25, 0.3) is 0 Å². The van der Waals surface area contributed by atoms with Gasteiger partial charge in [-0.25, -0.2) is 0 Å². The summed E-state index contributed by atoms with van der Waals surface area (Å²) < 4.78 is 0. The molecule has 27 heavy (non-hydrogen) atoms. The highest BCUT2D eigenvalue weighted by molar-refractivity contribution is 7.17. The molecule has 1 fully saturated rings. The van der Waals surface area contributed by atoms with Gasteiger partial charge in [0.2, 0.25) is 5.91 Å². The Morgan fingerprint density at radius 3 is 2.63 bits per heavy atom. The summed E-state index contributed by atoms with van der Waals surface area (Å²) in [6, 6.07) is 0. The minimum atomic E-state index is -0.462. The summed E-state index contributed by atoms with van der Waals surface area (Å²) in [5.41, 5.74) is 7.14. The van der Waals surface area contributed by atoms with Gasteiger partial charge in [0.25, 0.3) is 11.8 Å². The number of nitrogens with two attached hydrogens (primary N) is 1. The number of carbonyl (C=O) groups excluding carboxylic acids is 3. The topological polar surface area (TPSA) is 96.9 Å². The van der Waals surface area contributed by atoms with Gasteiger partial charge in [0.05, 0.1) is 31.7 Å². The van der Waals surface area contributed by atoms with Crippen molar-refractivity contribution in [2.24, 2.45) is 11.7 Å². The number of nitrogens with one attached hydrogen (secondary N) is 2. The van der Waals surface area contributed by atoms with Crippen LogP contribution in [-0.4, -0.2) is 55.3 Å². The second-order valence-corrected chi connectivity index (χ2v) is 8.73. The molecule has 2 aliphatic rings. The first-order valence-electron chi connectivity index (χ1n) is 9.74. The summed E-state index contributed by atoms with van der Waals surface area (Å²) >= 11 is 1.50. The number of hydrogen-bond donors (Lipinski definition) is 3. The minimum Gasteiger partial charge on any atom is -0.365 e. The lowest BCUT2D eigenvalue weighted by Gasteiger charge is -2.31. The Labute approximate surface area is 163 Å². The van der Waals surface area contributed by atoms with E-state index in [0.29, 0.717) is 42.5 Å². The first-order chi connectivity index (χ1) is 12.9. The number of hydrogen-bond acceptors (Lipinski definition) is 4. The van der Waals surface area contributed by atoms with E-state index in [9.17, 15) is 14.4 Å². The Morgan fingerprint density at radius 2 is 2.00 bits per heavy atom. The Morgan fingerprint density at radius 1 is 1.30 bits per heavy atom. The van der Waals surface area contributed by atoms with Gasteiger partial charge in [-0.1, -0.05) is 13.8 Å². The number of fused-ring (bicyclic) bond motifs is 1. The van der Waals surface area contributed by atoms with Crippen LogP contribution in [0, 0.1) is 5.92 Å². The second kappa shape index (κ2) is 8.39. The number of amides is 3. The van der Waals surface area contributed by atoms with Crippen LogP contribution in [0.3, 0.4) is 0 Å². The maximum absolute atomic E-state index is 12.5. The highest BCUT2D eigenvalue weighted by Crippen LogP contribution is 2.39. The van der Waals surface area contributed by atoms with Crippen LogP contribution < -0.4 is 16.0 Å². The molecule has 0 unspecified atom stereocenters. The van der Waals surface area contributed by atoms with Crippen LogP contribution in [0.2, 0.25) is 0 Å². The SMILES string of the molecule is CCC(=O)N1CC[NH+](CC(=O)Nc2sc3c(c2C(N)=O)CC[C@@H](C)C3)CC1. The molecule has 3 amide bonds. The molecule has 1 aromatic heterocycles. The predicted molar refractivity (Wildman–Crippen MR) is 105 cm³/mol. The molecule has 7 nitrogen and oxygen atoms in total.